The molecular formula is C35H61N3O13. The SMILES string of the molecule is CCC[C@H](OC1C(NC(C)=O)[C@H](O[C@@H]2CC(C(=O)CCCNC)CC(CC)[C@H]2O[C@@H]2OC(C)[C@@H](O)[C@H](O)C2O)O[C@@H](CO)[C@@H]1O)C(=O)N1CCC1. The number of nitrogens with one attached hydrogen (secondary N) is 2. The van der Waals surface area contributed by atoms with Gasteiger partial charge < -0.3 is 64.8 Å². The van der Waals surface area contributed by atoms with Gasteiger partial charge in [-0.05, 0) is 58.5 Å². The van der Waals surface area contributed by atoms with Crippen LogP contribution in [0.5, 0.6) is 0 Å². The molecule has 2 amide bonds. The van der Waals surface area contributed by atoms with Crippen LogP contribution < -0.4 is 10.6 Å². The van der Waals surface area contributed by atoms with Crippen LogP contribution in [0.25, 0.3) is 0 Å². The summed E-state index contributed by atoms with van der Waals surface area (Å²) in [5.41, 5.74) is 0. The first-order valence-corrected chi connectivity index (χ1v) is 18.7. The summed E-state index contributed by atoms with van der Waals surface area (Å²) in [4.78, 5) is 41.2. The van der Waals surface area contributed by atoms with Gasteiger partial charge in [-0.25, -0.2) is 0 Å². The molecule has 51 heavy (non-hydrogen) atoms. The van der Waals surface area contributed by atoms with Crippen LogP contribution in [0, 0.1) is 11.8 Å². The molecule has 4 fully saturated rings. The number of likely N-dealkylation sites (tertiary alicyclic amines) is 1. The van der Waals surface area contributed by atoms with E-state index in [1.807, 2.05) is 20.9 Å². The quantitative estimate of drug-likeness (QED) is 0.0888. The summed E-state index contributed by atoms with van der Waals surface area (Å²) < 4.78 is 31.3. The monoisotopic (exact) mass is 731 g/mol. The van der Waals surface area contributed by atoms with E-state index in [4.69, 9.17) is 23.7 Å². The third kappa shape index (κ3) is 10.2. The van der Waals surface area contributed by atoms with Crippen LogP contribution in [-0.4, -0.2) is 161 Å². The van der Waals surface area contributed by atoms with Crippen molar-refractivity contribution in [1.82, 2.24) is 15.5 Å². The van der Waals surface area contributed by atoms with E-state index in [9.17, 15) is 39.9 Å². The molecule has 3 aliphatic heterocycles. The van der Waals surface area contributed by atoms with Crippen molar-refractivity contribution in [3.63, 3.8) is 0 Å². The first-order valence-electron chi connectivity index (χ1n) is 18.7. The molecule has 0 aromatic rings. The molecule has 294 valence electrons. The zero-order chi connectivity index (χ0) is 37.4. The van der Waals surface area contributed by atoms with Gasteiger partial charge in [0.15, 0.2) is 12.6 Å². The standard InChI is InChI=1S/C35H61N3O13/c1-6-10-23(33(46)38-13-9-14-38)48-32-26(37-19(4)40)34(50-25(17-39)28(32)43)49-24-16-21(22(41)11-8-12-36-5)15-20(7-2)31(24)51-35-30(45)29(44)27(42)18(3)47-35/h18,20-21,23-32,34-36,39,42-45H,6-17H2,1-5H3,(H,37,40)/t18?,20?,21?,23-,24+,25-,26?,27+,28-,29-,30?,31+,32?,34+,35-/m0/s1. The Hall–Kier alpha value is -1.83. The maximum Gasteiger partial charge on any atom is 0.251 e. The first kappa shape index (κ1) is 41.9. The van der Waals surface area contributed by atoms with Crippen LogP contribution >= 0.6 is 0 Å². The number of carbonyl (C=O) groups is 3. The molecule has 4 aliphatic rings. The fourth-order valence-electron chi connectivity index (χ4n) is 7.58. The summed E-state index contributed by atoms with van der Waals surface area (Å²) in [6.45, 7) is 7.93. The molecule has 4 rings (SSSR count). The summed E-state index contributed by atoms with van der Waals surface area (Å²) in [6.07, 6.45) is -10.5. The van der Waals surface area contributed by atoms with Crippen LogP contribution in [0.15, 0.2) is 0 Å². The topological polar surface area (TPSA) is 226 Å². The maximum atomic E-state index is 13.5. The second kappa shape index (κ2) is 19.5. The number of ketones is 1. The Morgan fingerprint density at radius 1 is 0.941 bits per heavy atom. The van der Waals surface area contributed by atoms with E-state index in [1.165, 1.54) is 6.92 Å². The molecule has 1 saturated carbocycles. The normalized spacial score (nSPS) is 39.2. The second-order valence-electron chi connectivity index (χ2n) is 14.5. The molecule has 6 unspecified atom stereocenters. The molecule has 0 aromatic heterocycles. The lowest BCUT2D eigenvalue weighted by molar-refractivity contribution is -0.338. The molecule has 15 atom stereocenters. The lowest BCUT2D eigenvalue weighted by Gasteiger charge is -2.49. The smallest absolute Gasteiger partial charge is 0.251 e. The summed E-state index contributed by atoms with van der Waals surface area (Å²) in [7, 11) is 1.82. The van der Waals surface area contributed by atoms with Gasteiger partial charge in [-0.2, -0.15) is 0 Å². The van der Waals surface area contributed by atoms with E-state index >= 15 is 0 Å². The Labute approximate surface area is 300 Å². The minimum atomic E-state index is -1.58. The van der Waals surface area contributed by atoms with Gasteiger partial charge in [-0.1, -0.05) is 26.7 Å². The highest BCUT2D eigenvalue weighted by Crippen LogP contribution is 2.40. The number of hydrogen-bond acceptors (Lipinski definition) is 14. The highest BCUT2D eigenvalue weighted by atomic mass is 16.7. The minimum Gasteiger partial charge on any atom is -0.394 e. The Bertz CT molecular complexity index is 1130. The predicted molar refractivity (Wildman–Crippen MR) is 181 cm³/mol. The number of amides is 2. The third-order valence-corrected chi connectivity index (χ3v) is 10.7. The zero-order valence-corrected chi connectivity index (χ0v) is 30.6. The fourth-order valence-corrected chi connectivity index (χ4v) is 7.58. The van der Waals surface area contributed by atoms with Gasteiger partial charge in [0.2, 0.25) is 5.91 Å². The van der Waals surface area contributed by atoms with Crippen LogP contribution in [0.1, 0.15) is 79.1 Å². The average molecular weight is 732 g/mol. The lowest BCUT2D eigenvalue weighted by Crippen LogP contribution is -2.67. The number of aliphatic hydroxyl groups is 5. The van der Waals surface area contributed by atoms with Crippen LogP contribution in [0.2, 0.25) is 0 Å². The summed E-state index contributed by atoms with van der Waals surface area (Å²) in [6, 6.07) is -1.15. The largest absolute Gasteiger partial charge is 0.394 e. The Morgan fingerprint density at radius 2 is 1.67 bits per heavy atom. The molecule has 0 bridgehead atoms. The van der Waals surface area contributed by atoms with Crippen molar-refractivity contribution in [2.24, 2.45) is 11.8 Å². The van der Waals surface area contributed by atoms with Gasteiger partial charge in [0.25, 0.3) is 5.91 Å². The van der Waals surface area contributed by atoms with Crippen LogP contribution in [0.3, 0.4) is 0 Å². The second-order valence-corrected chi connectivity index (χ2v) is 14.5. The number of Topliss-reactive ketones (excluding diaryl/α,β-unsaturated/α-hetero) is 1. The van der Waals surface area contributed by atoms with E-state index in [0.29, 0.717) is 58.2 Å². The maximum absolute atomic E-state index is 13.5. The number of rotatable bonds is 17. The van der Waals surface area contributed by atoms with Gasteiger partial charge in [0, 0.05) is 32.4 Å². The Kier molecular flexibility index (Phi) is 16.0. The molecular weight excluding hydrogens is 670 g/mol. The average Bonchev–Trinajstić information content (AvgIpc) is 3.07. The van der Waals surface area contributed by atoms with Gasteiger partial charge in [-0.3, -0.25) is 14.4 Å². The molecule has 0 spiro atoms. The van der Waals surface area contributed by atoms with Crippen molar-refractivity contribution >= 4 is 17.6 Å². The number of aliphatic hydroxyl groups excluding tert-OH is 5. The molecule has 0 radical (unpaired) electrons. The van der Waals surface area contributed by atoms with E-state index in [1.54, 1.807) is 11.8 Å². The van der Waals surface area contributed by atoms with E-state index < -0.39 is 98.1 Å². The molecule has 3 saturated heterocycles. The number of carbonyl (C=O) groups excluding carboxylic acids is 3. The molecule has 16 heteroatoms. The Balaban J connectivity index is 1.67. The summed E-state index contributed by atoms with van der Waals surface area (Å²) >= 11 is 0. The predicted octanol–water partition coefficient (Wildman–Crippen LogP) is -1.04. The lowest BCUT2D eigenvalue weighted by atomic mass is 9.74. The van der Waals surface area contributed by atoms with Gasteiger partial charge in [-0.15, -0.1) is 0 Å². The van der Waals surface area contributed by atoms with E-state index in [0.717, 1.165) is 6.42 Å². The van der Waals surface area contributed by atoms with Crippen molar-refractivity contribution < 1.29 is 63.6 Å². The van der Waals surface area contributed by atoms with Gasteiger partial charge in [0.05, 0.1) is 24.9 Å². The molecule has 3 heterocycles. The van der Waals surface area contributed by atoms with Crippen molar-refractivity contribution in [3.05, 3.63) is 0 Å². The highest BCUT2D eigenvalue weighted by Gasteiger charge is 2.52. The van der Waals surface area contributed by atoms with Gasteiger partial charge >= 0.3 is 0 Å². The van der Waals surface area contributed by atoms with Crippen molar-refractivity contribution in [2.75, 3.05) is 33.3 Å². The van der Waals surface area contributed by atoms with Gasteiger partial charge in [0.1, 0.15) is 54.6 Å². The van der Waals surface area contributed by atoms with Crippen molar-refractivity contribution in [3.8, 4) is 0 Å². The minimum absolute atomic E-state index is 0.0524. The molecule has 0 aromatic carbocycles. The number of hydrogen-bond donors (Lipinski definition) is 7. The molecule has 1 aliphatic carbocycles. The molecule has 7 N–H and O–H groups in total. The fraction of sp³-hybridized carbons (Fsp3) is 0.914. The Morgan fingerprint density at radius 3 is 2.25 bits per heavy atom. The number of ether oxygens (including phenoxy) is 5. The van der Waals surface area contributed by atoms with E-state index in [2.05, 4.69) is 10.6 Å². The zero-order valence-electron chi connectivity index (χ0n) is 30.6. The van der Waals surface area contributed by atoms with Crippen LogP contribution in [-0.2, 0) is 38.1 Å². The van der Waals surface area contributed by atoms with Crippen LogP contribution in [0.4, 0.5) is 0 Å². The third-order valence-electron chi connectivity index (χ3n) is 10.7. The van der Waals surface area contributed by atoms with E-state index in [-0.39, 0.29) is 24.0 Å². The van der Waals surface area contributed by atoms with Crippen molar-refractivity contribution in [2.45, 2.75) is 159 Å². The summed E-state index contributed by atoms with van der Waals surface area (Å²) in [5, 5.41) is 59.2. The van der Waals surface area contributed by atoms with Crippen molar-refractivity contribution in [1.29, 1.82) is 0 Å². The summed E-state index contributed by atoms with van der Waals surface area (Å²) in [5.74, 6) is -1.36. The number of nitrogens with zero attached hydrogens (tertiary/aromatic N) is 1. The first-order chi connectivity index (χ1) is 24.3. The highest BCUT2D eigenvalue weighted by molar-refractivity contribution is 5.82. The molecule has 16 nitrogen and oxygen atoms in total.